The molecule has 11 heteroatoms. The maximum Gasteiger partial charge on any atom is 0.326 e. The highest BCUT2D eigenvalue weighted by atomic mass is 31.1. The monoisotopic (exact) mass is 384 g/mol. The average molecular weight is 384 g/mol. The first-order chi connectivity index (χ1) is 12.2. The number of esters is 1. The summed E-state index contributed by atoms with van der Waals surface area (Å²) in [6, 6.07) is 0. The third kappa shape index (κ3) is 5.00. The Bertz CT molecular complexity index is 794. The molecule has 0 fully saturated rings. The van der Waals surface area contributed by atoms with Crippen LogP contribution in [0.1, 0.15) is 27.7 Å². The van der Waals surface area contributed by atoms with Crippen LogP contribution in [0.15, 0.2) is 12.7 Å². The molecule has 0 bridgehead atoms. The van der Waals surface area contributed by atoms with Crippen LogP contribution in [0, 0.1) is 0 Å². The summed E-state index contributed by atoms with van der Waals surface area (Å²) in [7, 11) is -2.32. The van der Waals surface area contributed by atoms with Gasteiger partial charge in [-0.2, -0.15) is 0 Å². The molecule has 0 saturated heterocycles. The van der Waals surface area contributed by atoms with Crippen LogP contribution in [0.25, 0.3) is 11.2 Å². The summed E-state index contributed by atoms with van der Waals surface area (Å²) in [6.45, 7) is 7.55. The molecule has 2 aromatic heterocycles. The smallest absolute Gasteiger partial charge is 0.326 e. The van der Waals surface area contributed by atoms with Crippen LogP contribution in [0.2, 0.25) is 0 Å². The van der Waals surface area contributed by atoms with Crippen molar-refractivity contribution in [2.75, 3.05) is 18.7 Å². The van der Waals surface area contributed by atoms with Gasteiger partial charge in [0.2, 0.25) is 0 Å². The highest BCUT2D eigenvalue weighted by Gasteiger charge is 2.30. The lowest BCUT2D eigenvalue weighted by Crippen LogP contribution is -2.44. The Kier molecular flexibility index (Phi) is 6.69. The minimum Gasteiger partial charge on any atom is -0.465 e. The summed E-state index contributed by atoms with van der Waals surface area (Å²) in [4.78, 5) is 24.1. The Morgan fingerprint density at radius 1 is 1.42 bits per heavy atom. The zero-order valence-corrected chi connectivity index (χ0v) is 16.4. The molecule has 0 aliphatic carbocycles. The van der Waals surface area contributed by atoms with Crippen LogP contribution in [0.3, 0.4) is 0 Å². The molecule has 1 unspecified atom stereocenters. The lowest BCUT2D eigenvalue weighted by Gasteiger charge is -2.24. The van der Waals surface area contributed by atoms with Crippen LogP contribution < -0.4 is 10.8 Å². The van der Waals surface area contributed by atoms with E-state index in [0.29, 0.717) is 23.5 Å². The van der Waals surface area contributed by atoms with E-state index in [9.17, 15) is 9.36 Å². The van der Waals surface area contributed by atoms with Gasteiger partial charge in [0.1, 0.15) is 23.7 Å². The number of hydrogen-bond donors (Lipinski definition) is 2. The van der Waals surface area contributed by atoms with Gasteiger partial charge in [0.15, 0.2) is 19.4 Å². The van der Waals surface area contributed by atoms with Gasteiger partial charge < -0.3 is 24.3 Å². The van der Waals surface area contributed by atoms with Crippen LogP contribution in [0.5, 0.6) is 0 Å². The van der Waals surface area contributed by atoms with Crippen LogP contribution in [-0.2, 0) is 25.4 Å². The first-order valence-electron chi connectivity index (χ1n) is 8.25. The Morgan fingerprint density at radius 3 is 2.85 bits per heavy atom. The fourth-order valence-corrected chi connectivity index (χ4v) is 3.63. The molecule has 144 valence electrons. The number of rotatable bonds is 9. The van der Waals surface area contributed by atoms with Crippen molar-refractivity contribution < 1.29 is 18.8 Å². The normalized spacial score (nSPS) is 14.3. The van der Waals surface area contributed by atoms with E-state index in [-0.39, 0.29) is 19.1 Å². The van der Waals surface area contributed by atoms with E-state index in [2.05, 4.69) is 20.0 Å². The first kappa shape index (κ1) is 20.3. The highest BCUT2D eigenvalue weighted by molar-refractivity contribution is 7.42. The van der Waals surface area contributed by atoms with Crippen molar-refractivity contribution in [1.82, 2.24) is 24.6 Å². The van der Waals surface area contributed by atoms with E-state index in [1.807, 2.05) is 6.92 Å². The summed E-state index contributed by atoms with van der Waals surface area (Å²) in [5, 5.41) is 2.78. The van der Waals surface area contributed by atoms with E-state index in [4.69, 9.17) is 15.2 Å². The molecule has 2 atom stereocenters. The maximum atomic E-state index is 12.2. The molecular formula is C15H25N6O4P. The molecule has 0 aliphatic heterocycles. The summed E-state index contributed by atoms with van der Waals surface area (Å²) < 4.78 is 24.6. The third-order valence-electron chi connectivity index (χ3n) is 3.62. The molecule has 26 heavy (non-hydrogen) atoms. The number of nitrogens with one attached hydrogen (secondary N) is 1. The molecule has 0 aliphatic rings. The van der Waals surface area contributed by atoms with Crippen molar-refractivity contribution in [2.45, 2.75) is 45.9 Å². The molecule has 2 aromatic rings. The molecule has 0 saturated carbocycles. The predicted molar refractivity (Wildman–Crippen MR) is 98.0 cm³/mol. The molecule has 0 aromatic carbocycles. The van der Waals surface area contributed by atoms with E-state index >= 15 is 0 Å². The van der Waals surface area contributed by atoms with E-state index < -0.39 is 19.5 Å². The summed E-state index contributed by atoms with van der Waals surface area (Å²) in [5.41, 5.74) is 5.87. The van der Waals surface area contributed by atoms with Gasteiger partial charge in [-0.1, -0.05) is 0 Å². The maximum absolute atomic E-state index is 12.2. The standard InChI is InChI=1S/C15H25N6O4P/c1-5-24-14(22)15(3,4)20-26(23)9-25-10(2)6-21-8-19-11-12(16)17-7-18-13(11)21/h7-8,10,26H,5-6,9H2,1-4H3,(H,20,23)(H2,16,17,18)/t10-/m1/s1. The van der Waals surface area contributed by atoms with Crippen molar-refractivity contribution in [3.05, 3.63) is 12.7 Å². The van der Waals surface area contributed by atoms with Crippen LogP contribution >= 0.6 is 7.95 Å². The van der Waals surface area contributed by atoms with Gasteiger partial charge >= 0.3 is 5.97 Å². The number of hydrogen-bond acceptors (Lipinski definition) is 8. The van der Waals surface area contributed by atoms with Crippen molar-refractivity contribution in [2.24, 2.45) is 0 Å². The molecule has 3 N–H and O–H groups in total. The van der Waals surface area contributed by atoms with Crippen molar-refractivity contribution in [3.63, 3.8) is 0 Å². The number of carbonyl (C=O) groups excluding carboxylic acids is 1. The summed E-state index contributed by atoms with van der Waals surface area (Å²) in [6.07, 6.45) is 2.74. The topological polar surface area (TPSA) is 134 Å². The molecule has 2 rings (SSSR count). The largest absolute Gasteiger partial charge is 0.465 e. The number of anilines is 1. The number of ether oxygens (including phenoxy) is 2. The fourth-order valence-electron chi connectivity index (χ4n) is 2.33. The number of nitrogen functional groups attached to an aromatic ring is 1. The molecule has 10 nitrogen and oxygen atoms in total. The van der Waals surface area contributed by atoms with Gasteiger partial charge in [0.25, 0.3) is 0 Å². The van der Waals surface area contributed by atoms with Gasteiger partial charge in [0, 0.05) is 0 Å². The van der Waals surface area contributed by atoms with E-state index in [1.165, 1.54) is 6.33 Å². The van der Waals surface area contributed by atoms with Gasteiger partial charge in [-0.05, 0) is 27.7 Å². The predicted octanol–water partition coefficient (Wildman–Crippen LogP) is 1.18. The van der Waals surface area contributed by atoms with Crippen molar-refractivity contribution in [3.8, 4) is 0 Å². The molecular weight excluding hydrogens is 359 g/mol. The molecule has 0 radical (unpaired) electrons. The Balaban J connectivity index is 1.88. The lowest BCUT2D eigenvalue weighted by molar-refractivity contribution is -0.148. The summed E-state index contributed by atoms with van der Waals surface area (Å²) >= 11 is 0. The van der Waals surface area contributed by atoms with Crippen molar-refractivity contribution in [1.29, 1.82) is 0 Å². The summed E-state index contributed by atoms with van der Waals surface area (Å²) in [5.74, 6) is -0.133. The lowest BCUT2D eigenvalue weighted by atomic mass is 10.1. The minimum atomic E-state index is -2.32. The Hall–Kier alpha value is -2.03. The fraction of sp³-hybridized carbons (Fsp3) is 0.600. The quantitative estimate of drug-likeness (QED) is 0.482. The number of fused-ring (bicyclic) bond motifs is 1. The van der Waals surface area contributed by atoms with Crippen molar-refractivity contribution >= 4 is 30.9 Å². The van der Waals surface area contributed by atoms with Gasteiger partial charge in [0.05, 0.1) is 25.6 Å². The minimum absolute atomic E-state index is 0.00157. The number of carbonyl (C=O) groups is 1. The zero-order valence-electron chi connectivity index (χ0n) is 15.4. The Labute approximate surface area is 152 Å². The van der Waals surface area contributed by atoms with Crippen LogP contribution in [0.4, 0.5) is 5.82 Å². The second-order valence-corrected chi connectivity index (χ2v) is 7.73. The molecule has 0 spiro atoms. The SMILES string of the molecule is CCOC(=O)C(C)(C)N[PH](=O)CO[C@H](C)Cn1cnc2c(N)ncnc21. The number of aromatic nitrogens is 4. The van der Waals surface area contributed by atoms with Crippen LogP contribution in [-0.4, -0.2) is 50.1 Å². The number of imidazole rings is 1. The van der Waals surface area contributed by atoms with Gasteiger partial charge in [-0.3, -0.25) is 9.88 Å². The Morgan fingerprint density at radius 2 is 2.15 bits per heavy atom. The second-order valence-electron chi connectivity index (χ2n) is 6.34. The second kappa shape index (κ2) is 8.57. The number of nitrogens with zero attached hydrogens (tertiary/aromatic N) is 4. The zero-order chi connectivity index (χ0) is 19.3. The third-order valence-corrected chi connectivity index (χ3v) is 4.95. The van der Waals surface area contributed by atoms with E-state index in [1.54, 1.807) is 31.7 Å². The van der Waals surface area contributed by atoms with E-state index in [0.717, 1.165) is 0 Å². The molecule has 2 heterocycles. The molecule has 0 amide bonds. The number of nitrogens with two attached hydrogens (primary N) is 1. The van der Waals surface area contributed by atoms with Gasteiger partial charge in [-0.25, -0.2) is 15.0 Å². The van der Waals surface area contributed by atoms with Gasteiger partial charge in [-0.15, -0.1) is 0 Å². The first-order valence-corrected chi connectivity index (χ1v) is 9.87. The average Bonchev–Trinajstić information content (AvgIpc) is 2.97. The highest BCUT2D eigenvalue weighted by Crippen LogP contribution is 2.23.